The number of hydrogen-bond donors (Lipinski definition) is 2. The molecule has 21 heavy (non-hydrogen) atoms. The Labute approximate surface area is 128 Å². The van der Waals surface area contributed by atoms with Gasteiger partial charge in [-0.3, -0.25) is 4.79 Å². The lowest BCUT2D eigenvalue weighted by Crippen LogP contribution is -2.27. The van der Waals surface area contributed by atoms with Gasteiger partial charge in [-0.15, -0.1) is 11.3 Å². The second-order valence-corrected chi connectivity index (χ2v) is 5.66. The maximum absolute atomic E-state index is 11.7. The second-order valence-electron chi connectivity index (χ2n) is 4.59. The number of anilines is 1. The van der Waals surface area contributed by atoms with E-state index in [4.69, 9.17) is 10.5 Å². The molecule has 0 spiro atoms. The number of ether oxygens (including phenoxy) is 1. The number of benzene rings is 1. The van der Waals surface area contributed by atoms with Crippen molar-refractivity contribution < 1.29 is 9.53 Å². The number of hydrogen-bond acceptors (Lipinski definition) is 5. The lowest BCUT2D eigenvalue weighted by atomic mass is 10.3. The number of nitrogens with two attached hydrogens (primary N) is 1. The number of aromatic nitrogens is 1. The molecule has 0 saturated carbocycles. The van der Waals surface area contributed by atoms with Crippen molar-refractivity contribution in [1.29, 1.82) is 0 Å². The van der Waals surface area contributed by atoms with Crippen LogP contribution in [0.4, 0.5) is 5.69 Å². The van der Waals surface area contributed by atoms with E-state index in [1.807, 2.05) is 24.4 Å². The fourth-order valence-corrected chi connectivity index (χ4v) is 2.45. The van der Waals surface area contributed by atoms with E-state index in [1.165, 1.54) is 0 Å². The lowest BCUT2D eigenvalue weighted by Gasteiger charge is -2.08. The van der Waals surface area contributed by atoms with E-state index in [1.54, 1.807) is 23.5 Å². The quantitative estimate of drug-likeness (QED) is 0.769. The van der Waals surface area contributed by atoms with Crippen LogP contribution < -0.4 is 15.8 Å². The highest BCUT2D eigenvalue weighted by atomic mass is 32.1. The summed E-state index contributed by atoms with van der Waals surface area (Å²) in [7, 11) is 0. The first-order chi connectivity index (χ1) is 10.1. The lowest BCUT2D eigenvalue weighted by molar-refractivity contribution is -0.121. The maximum atomic E-state index is 11.7. The number of para-hydroxylation sites is 2. The number of aryl methyl sites for hydroxylation is 1. The first kappa shape index (κ1) is 15.3. The van der Waals surface area contributed by atoms with Crippen LogP contribution in [0.2, 0.25) is 0 Å². The Morgan fingerprint density at radius 1 is 1.43 bits per heavy atom. The molecular weight excluding hydrogens is 286 g/mol. The topological polar surface area (TPSA) is 77.2 Å². The fraction of sp³-hybridized carbons (Fsp3) is 0.333. The molecule has 1 heterocycles. The SMILES string of the molecule is Cc1nc(CCNC(=O)CCOc2ccccc2N)cs1. The van der Waals surface area contributed by atoms with Crippen molar-refractivity contribution in [1.82, 2.24) is 10.3 Å². The Morgan fingerprint density at radius 3 is 2.95 bits per heavy atom. The molecule has 2 aromatic rings. The third-order valence-electron chi connectivity index (χ3n) is 2.88. The minimum Gasteiger partial charge on any atom is -0.491 e. The van der Waals surface area contributed by atoms with Crippen LogP contribution in [-0.2, 0) is 11.2 Å². The third kappa shape index (κ3) is 5.07. The van der Waals surface area contributed by atoms with Crippen LogP contribution >= 0.6 is 11.3 Å². The number of nitrogens with one attached hydrogen (secondary N) is 1. The average molecular weight is 305 g/mol. The molecular formula is C15H19N3O2S. The Morgan fingerprint density at radius 2 is 2.24 bits per heavy atom. The zero-order valence-corrected chi connectivity index (χ0v) is 12.8. The standard InChI is InChI=1S/C15H19N3O2S/c1-11-18-12(10-21-11)6-8-17-15(19)7-9-20-14-5-3-2-4-13(14)16/h2-5,10H,6-9,16H2,1H3,(H,17,19). The molecule has 0 aliphatic carbocycles. The highest BCUT2D eigenvalue weighted by Gasteiger charge is 2.04. The summed E-state index contributed by atoms with van der Waals surface area (Å²) in [4.78, 5) is 16.0. The minimum atomic E-state index is -0.0311. The third-order valence-corrected chi connectivity index (χ3v) is 3.70. The smallest absolute Gasteiger partial charge is 0.223 e. The van der Waals surface area contributed by atoms with E-state index in [-0.39, 0.29) is 5.91 Å². The number of carbonyl (C=O) groups excluding carboxylic acids is 1. The van der Waals surface area contributed by atoms with Crippen molar-refractivity contribution in [2.24, 2.45) is 0 Å². The molecule has 112 valence electrons. The van der Waals surface area contributed by atoms with E-state index >= 15 is 0 Å². The van der Waals surface area contributed by atoms with Gasteiger partial charge < -0.3 is 15.8 Å². The van der Waals surface area contributed by atoms with Crippen LogP contribution in [0.5, 0.6) is 5.75 Å². The minimum absolute atomic E-state index is 0.0311. The van der Waals surface area contributed by atoms with Gasteiger partial charge in [0.05, 0.1) is 29.4 Å². The zero-order chi connectivity index (χ0) is 15.1. The van der Waals surface area contributed by atoms with Crippen molar-refractivity contribution in [3.63, 3.8) is 0 Å². The molecule has 0 unspecified atom stereocenters. The molecule has 0 radical (unpaired) electrons. The normalized spacial score (nSPS) is 10.3. The van der Waals surface area contributed by atoms with Gasteiger partial charge in [-0.25, -0.2) is 4.98 Å². The fourth-order valence-electron chi connectivity index (χ4n) is 1.81. The van der Waals surface area contributed by atoms with Gasteiger partial charge in [-0.2, -0.15) is 0 Å². The number of amides is 1. The molecule has 1 aromatic carbocycles. The molecule has 2 rings (SSSR count). The summed E-state index contributed by atoms with van der Waals surface area (Å²) in [5.41, 5.74) is 7.35. The second kappa shape index (κ2) is 7.64. The largest absolute Gasteiger partial charge is 0.491 e. The van der Waals surface area contributed by atoms with Crippen LogP contribution in [0.15, 0.2) is 29.6 Å². The predicted octanol–water partition coefficient (Wildman–Crippen LogP) is 2.16. The van der Waals surface area contributed by atoms with Crippen LogP contribution in [0.25, 0.3) is 0 Å². The van der Waals surface area contributed by atoms with Gasteiger partial charge in [0.2, 0.25) is 5.91 Å². The van der Waals surface area contributed by atoms with Crippen molar-refractivity contribution >= 4 is 22.9 Å². The van der Waals surface area contributed by atoms with E-state index in [2.05, 4.69) is 10.3 Å². The van der Waals surface area contributed by atoms with E-state index < -0.39 is 0 Å². The van der Waals surface area contributed by atoms with Crippen molar-refractivity contribution in [3.8, 4) is 5.75 Å². The van der Waals surface area contributed by atoms with Gasteiger partial charge >= 0.3 is 0 Å². The van der Waals surface area contributed by atoms with Crippen molar-refractivity contribution in [2.45, 2.75) is 19.8 Å². The summed E-state index contributed by atoms with van der Waals surface area (Å²) in [6, 6.07) is 7.25. The zero-order valence-electron chi connectivity index (χ0n) is 12.0. The number of nitrogens with zero attached hydrogens (tertiary/aromatic N) is 1. The summed E-state index contributed by atoms with van der Waals surface area (Å²) in [6.45, 7) is 2.88. The maximum Gasteiger partial charge on any atom is 0.223 e. The molecule has 0 aliphatic heterocycles. The molecule has 0 atom stereocenters. The number of carbonyl (C=O) groups is 1. The van der Waals surface area contributed by atoms with Crippen LogP contribution in [0, 0.1) is 6.92 Å². The molecule has 6 heteroatoms. The predicted molar refractivity (Wildman–Crippen MR) is 84.5 cm³/mol. The molecule has 0 saturated heterocycles. The Balaban J connectivity index is 1.63. The molecule has 3 N–H and O–H groups in total. The van der Waals surface area contributed by atoms with Crippen LogP contribution in [0.1, 0.15) is 17.1 Å². The molecule has 0 bridgehead atoms. The van der Waals surface area contributed by atoms with Gasteiger partial charge in [-0.1, -0.05) is 12.1 Å². The molecule has 5 nitrogen and oxygen atoms in total. The highest BCUT2D eigenvalue weighted by molar-refractivity contribution is 7.09. The van der Waals surface area contributed by atoms with Gasteiger partial charge in [0, 0.05) is 18.3 Å². The summed E-state index contributed by atoms with van der Waals surface area (Å²) < 4.78 is 5.48. The average Bonchev–Trinajstić information content (AvgIpc) is 2.87. The molecule has 1 amide bonds. The van der Waals surface area contributed by atoms with E-state index in [9.17, 15) is 4.79 Å². The first-order valence-electron chi connectivity index (χ1n) is 6.80. The molecule has 0 fully saturated rings. The van der Waals surface area contributed by atoms with Crippen LogP contribution in [0.3, 0.4) is 0 Å². The number of thiazole rings is 1. The van der Waals surface area contributed by atoms with Gasteiger partial charge in [0.15, 0.2) is 0 Å². The number of rotatable bonds is 7. The van der Waals surface area contributed by atoms with E-state index in [0.29, 0.717) is 31.0 Å². The summed E-state index contributed by atoms with van der Waals surface area (Å²) in [5.74, 6) is 0.583. The number of nitrogen functional groups attached to an aromatic ring is 1. The van der Waals surface area contributed by atoms with Gasteiger partial charge in [0.25, 0.3) is 0 Å². The van der Waals surface area contributed by atoms with Gasteiger partial charge in [-0.05, 0) is 19.1 Å². The first-order valence-corrected chi connectivity index (χ1v) is 7.68. The molecule has 0 aliphatic rings. The van der Waals surface area contributed by atoms with E-state index in [0.717, 1.165) is 17.1 Å². The summed E-state index contributed by atoms with van der Waals surface area (Å²) in [6.07, 6.45) is 1.06. The Bertz CT molecular complexity index is 598. The molecule has 1 aromatic heterocycles. The Hall–Kier alpha value is -2.08. The van der Waals surface area contributed by atoms with Gasteiger partial charge in [0.1, 0.15) is 5.75 Å². The Kier molecular flexibility index (Phi) is 5.57. The monoisotopic (exact) mass is 305 g/mol. The summed E-state index contributed by atoms with van der Waals surface area (Å²) >= 11 is 1.62. The van der Waals surface area contributed by atoms with Crippen molar-refractivity contribution in [2.75, 3.05) is 18.9 Å². The van der Waals surface area contributed by atoms with Crippen LogP contribution in [-0.4, -0.2) is 24.0 Å². The highest BCUT2D eigenvalue weighted by Crippen LogP contribution is 2.19. The van der Waals surface area contributed by atoms with Crippen molar-refractivity contribution in [3.05, 3.63) is 40.3 Å². The summed E-state index contributed by atoms with van der Waals surface area (Å²) in [5, 5.41) is 5.92.